The topological polar surface area (TPSA) is 74.7 Å². The number of rotatable bonds is 3. The molecule has 0 bridgehead atoms. The van der Waals surface area contributed by atoms with E-state index in [9.17, 15) is 8.42 Å². The van der Waals surface area contributed by atoms with Crippen molar-refractivity contribution >= 4 is 15.9 Å². The molecule has 0 spiro atoms. The smallest absolute Gasteiger partial charge is 0.242 e. The van der Waals surface area contributed by atoms with E-state index in [4.69, 9.17) is 0 Å². The molecule has 118 valence electrons. The van der Waals surface area contributed by atoms with Crippen molar-refractivity contribution in [2.75, 3.05) is 6.54 Å². The zero-order valence-electron chi connectivity index (χ0n) is 12.9. The molecule has 1 aromatic rings. The van der Waals surface area contributed by atoms with Crippen LogP contribution >= 0.6 is 0 Å². The van der Waals surface area contributed by atoms with Crippen LogP contribution in [0.2, 0.25) is 0 Å². The molecular weight excluding hydrogens is 300 g/mol. The van der Waals surface area contributed by atoms with Crippen LogP contribution in [-0.4, -0.2) is 42.8 Å². The van der Waals surface area contributed by atoms with Gasteiger partial charge in [-0.1, -0.05) is 0 Å². The van der Waals surface area contributed by atoms with E-state index in [2.05, 4.69) is 33.4 Å². The molecule has 6 nitrogen and oxygen atoms in total. The summed E-state index contributed by atoms with van der Waals surface area (Å²) in [6, 6.07) is 3.19. The summed E-state index contributed by atoms with van der Waals surface area (Å²) < 4.78 is 27.6. The summed E-state index contributed by atoms with van der Waals surface area (Å²) in [5.74, 6) is 0.955. The van der Waals surface area contributed by atoms with Crippen molar-refractivity contribution in [3.8, 4) is 0 Å². The number of pyridine rings is 1. The molecule has 2 aliphatic heterocycles. The number of nitrogens with zero attached hydrogens (tertiary/aromatic N) is 3. The first kappa shape index (κ1) is 15.2. The molecule has 2 unspecified atom stereocenters. The van der Waals surface area contributed by atoms with Crippen molar-refractivity contribution in [1.82, 2.24) is 14.6 Å². The maximum Gasteiger partial charge on any atom is 0.242 e. The van der Waals surface area contributed by atoms with Crippen LogP contribution in [0.25, 0.3) is 0 Å². The van der Waals surface area contributed by atoms with Crippen LogP contribution in [-0.2, 0) is 10.0 Å². The first-order valence-electron chi connectivity index (χ1n) is 7.32. The van der Waals surface area contributed by atoms with Gasteiger partial charge in [-0.2, -0.15) is 0 Å². The summed E-state index contributed by atoms with van der Waals surface area (Å²) in [7, 11) is -3.54. The van der Waals surface area contributed by atoms with Crippen molar-refractivity contribution in [2.45, 2.75) is 44.2 Å². The Morgan fingerprint density at radius 1 is 1.36 bits per heavy atom. The zero-order chi connectivity index (χ0) is 15.9. The van der Waals surface area contributed by atoms with E-state index in [0.717, 1.165) is 5.84 Å². The number of fused-ring (bicyclic) bond motifs is 1. The SMILES string of the molecule is CC1=NC(C)C(C)=C2CC(NS(=O)(=O)c3cccnc3)CN12. The fraction of sp³-hybridized carbons (Fsp3) is 0.467. The molecule has 1 fully saturated rings. The predicted molar refractivity (Wildman–Crippen MR) is 84.9 cm³/mol. The molecule has 2 atom stereocenters. The van der Waals surface area contributed by atoms with E-state index in [-0.39, 0.29) is 17.0 Å². The second kappa shape index (κ2) is 5.48. The van der Waals surface area contributed by atoms with Crippen molar-refractivity contribution < 1.29 is 8.42 Å². The van der Waals surface area contributed by atoms with Gasteiger partial charge in [-0.05, 0) is 38.5 Å². The largest absolute Gasteiger partial charge is 0.332 e. The normalized spacial score (nSPS) is 25.2. The van der Waals surface area contributed by atoms with Gasteiger partial charge in [-0.25, -0.2) is 13.1 Å². The predicted octanol–water partition coefficient (Wildman–Crippen LogP) is 1.53. The summed E-state index contributed by atoms with van der Waals surface area (Å²) in [5.41, 5.74) is 2.41. The molecule has 1 aromatic heterocycles. The molecule has 1 N–H and O–H groups in total. The Morgan fingerprint density at radius 3 is 2.82 bits per heavy atom. The van der Waals surface area contributed by atoms with Gasteiger partial charge >= 0.3 is 0 Å². The second-order valence-corrected chi connectivity index (χ2v) is 7.52. The van der Waals surface area contributed by atoms with Gasteiger partial charge in [0.2, 0.25) is 10.0 Å². The molecule has 22 heavy (non-hydrogen) atoms. The van der Waals surface area contributed by atoms with Crippen molar-refractivity contribution in [1.29, 1.82) is 0 Å². The van der Waals surface area contributed by atoms with Crippen LogP contribution in [0.1, 0.15) is 27.2 Å². The quantitative estimate of drug-likeness (QED) is 0.916. The second-order valence-electron chi connectivity index (χ2n) is 5.80. The molecule has 7 heteroatoms. The fourth-order valence-corrected chi connectivity index (χ4v) is 4.19. The Kier molecular flexibility index (Phi) is 3.78. The Bertz CT molecular complexity index is 740. The molecule has 2 aliphatic rings. The fourth-order valence-electron chi connectivity index (χ4n) is 3.00. The molecule has 1 saturated heterocycles. The lowest BCUT2D eigenvalue weighted by Crippen LogP contribution is -2.38. The van der Waals surface area contributed by atoms with Gasteiger partial charge in [0.05, 0.1) is 6.04 Å². The number of hydrogen-bond donors (Lipinski definition) is 1. The summed E-state index contributed by atoms with van der Waals surface area (Å²) in [5, 5.41) is 0. The van der Waals surface area contributed by atoms with Gasteiger partial charge in [0.25, 0.3) is 0 Å². The molecule has 0 amide bonds. The maximum atomic E-state index is 12.4. The van der Waals surface area contributed by atoms with E-state index < -0.39 is 10.0 Å². The van der Waals surface area contributed by atoms with Crippen LogP contribution in [0.5, 0.6) is 0 Å². The molecule has 0 aromatic carbocycles. The van der Waals surface area contributed by atoms with Crippen LogP contribution in [0.4, 0.5) is 0 Å². The van der Waals surface area contributed by atoms with Crippen molar-refractivity contribution in [3.63, 3.8) is 0 Å². The third-order valence-electron chi connectivity index (χ3n) is 4.29. The van der Waals surface area contributed by atoms with Crippen molar-refractivity contribution in [2.24, 2.45) is 4.99 Å². The van der Waals surface area contributed by atoms with Gasteiger partial charge in [0.15, 0.2) is 0 Å². The molecule has 0 saturated carbocycles. The summed E-state index contributed by atoms with van der Waals surface area (Å²) in [4.78, 5) is 10.8. The van der Waals surface area contributed by atoms with Gasteiger partial charge in [0, 0.05) is 37.1 Å². The third-order valence-corrected chi connectivity index (χ3v) is 5.79. The maximum absolute atomic E-state index is 12.4. The molecule has 3 rings (SSSR count). The average Bonchev–Trinajstić information content (AvgIpc) is 2.90. The molecule has 3 heterocycles. The van der Waals surface area contributed by atoms with Crippen LogP contribution in [0.15, 0.2) is 45.7 Å². The Balaban J connectivity index is 1.81. The Morgan fingerprint density at radius 2 is 2.14 bits per heavy atom. The summed E-state index contributed by atoms with van der Waals surface area (Å²) >= 11 is 0. The van der Waals surface area contributed by atoms with E-state index in [1.54, 1.807) is 18.3 Å². The minimum atomic E-state index is -3.54. The van der Waals surface area contributed by atoms with Gasteiger partial charge in [0.1, 0.15) is 10.7 Å². The minimum Gasteiger partial charge on any atom is -0.332 e. The number of amidine groups is 1. The monoisotopic (exact) mass is 320 g/mol. The number of aromatic nitrogens is 1. The van der Waals surface area contributed by atoms with Crippen molar-refractivity contribution in [3.05, 3.63) is 35.8 Å². The van der Waals surface area contributed by atoms with Gasteiger partial charge < -0.3 is 4.90 Å². The number of sulfonamides is 1. The number of hydrogen-bond acceptors (Lipinski definition) is 5. The highest BCUT2D eigenvalue weighted by molar-refractivity contribution is 7.89. The van der Waals surface area contributed by atoms with Crippen LogP contribution in [0, 0.1) is 0 Å². The molecular formula is C15H20N4O2S. The summed E-state index contributed by atoms with van der Waals surface area (Å²) in [6.45, 7) is 6.73. The lowest BCUT2D eigenvalue weighted by atomic mass is 10.0. The average molecular weight is 320 g/mol. The van der Waals surface area contributed by atoms with Gasteiger partial charge in [-0.15, -0.1) is 0 Å². The van der Waals surface area contributed by atoms with Gasteiger partial charge in [-0.3, -0.25) is 9.98 Å². The number of aliphatic imine (C=N–C) groups is 1. The first-order chi connectivity index (χ1) is 10.4. The van der Waals surface area contributed by atoms with E-state index in [1.165, 1.54) is 17.5 Å². The Labute approximate surface area is 131 Å². The highest BCUT2D eigenvalue weighted by Gasteiger charge is 2.35. The number of nitrogens with one attached hydrogen (secondary N) is 1. The van der Waals surface area contributed by atoms with E-state index in [1.807, 2.05) is 6.92 Å². The minimum absolute atomic E-state index is 0.148. The van der Waals surface area contributed by atoms with Crippen LogP contribution in [0.3, 0.4) is 0 Å². The standard InChI is InChI=1S/C15H20N4O2S/c1-10-11(2)17-12(3)19-9-13(7-15(10)19)18-22(20,21)14-5-4-6-16-8-14/h4-6,8,11,13,18H,7,9H2,1-3H3. The summed E-state index contributed by atoms with van der Waals surface area (Å²) in [6.07, 6.45) is 3.62. The third kappa shape index (κ3) is 2.66. The zero-order valence-corrected chi connectivity index (χ0v) is 13.8. The highest BCUT2D eigenvalue weighted by atomic mass is 32.2. The molecule has 0 radical (unpaired) electrons. The van der Waals surface area contributed by atoms with E-state index >= 15 is 0 Å². The highest BCUT2D eigenvalue weighted by Crippen LogP contribution is 2.31. The lowest BCUT2D eigenvalue weighted by Gasteiger charge is -2.28. The first-order valence-corrected chi connectivity index (χ1v) is 8.81. The Hall–Kier alpha value is -1.73. The molecule has 0 aliphatic carbocycles. The van der Waals surface area contributed by atoms with E-state index in [0.29, 0.717) is 13.0 Å². The van der Waals surface area contributed by atoms with Crippen LogP contribution < -0.4 is 4.72 Å². The lowest BCUT2D eigenvalue weighted by molar-refractivity contribution is 0.509.